The summed E-state index contributed by atoms with van der Waals surface area (Å²) in [4.78, 5) is 7.15. The lowest BCUT2D eigenvalue weighted by molar-refractivity contribution is 0.962. The first kappa shape index (κ1) is 17.2. The SMILES string of the molecule is Cc1[nH]c2ccccc2c1C(c1ccccc1Cl)c1c(C)[nH]c2ccccc12. The van der Waals surface area contributed by atoms with E-state index >= 15 is 0 Å². The average molecular weight is 385 g/mol. The molecule has 0 spiro atoms. The standard InChI is InChI=1S/C25H21ClN2/c1-15-23(18-10-4-7-13-21(18)27-15)25(17-9-3-6-12-20(17)26)24-16(2)28-22-14-8-5-11-19(22)24/h3-14,25,27-28H,1-2H3. The van der Waals surface area contributed by atoms with Crippen molar-refractivity contribution in [2.45, 2.75) is 19.8 Å². The van der Waals surface area contributed by atoms with Crippen molar-refractivity contribution in [3.8, 4) is 0 Å². The van der Waals surface area contributed by atoms with Crippen molar-refractivity contribution < 1.29 is 0 Å². The largest absolute Gasteiger partial charge is 0.358 e. The maximum Gasteiger partial charge on any atom is 0.0459 e. The highest BCUT2D eigenvalue weighted by Crippen LogP contribution is 2.44. The van der Waals surface area contributed by atoms with Crippen LogP contribution < -0.4 is 0 Å². The number of rotatable bonds is 3. The predicted molar refractivity (Wildman–Crippen MR) is 118 cm³/mol. The summed E-state index contributed by atoms with van der Waals surface area (Å²) in [5, 5.41) is 3.28. The van der Waals surface area contributed by atoms with Crippen LogP contribution in [0.4, 0.5) is 0 Å². The number of H-pyrrole nitrogens is 2. The van der Waals surface area contributed by atoms with Crippen LogP contribution in [-0.4, -0.2) is 9.97 Å². The second kappa shape index (κ2) is 6.57. The summed E-state index contributed by atoms with van der Waals surface area (Å²) in [6.07, 6.45) is 0. The molecule has 2 heterocycles. The molecule has 0 aliphatic rings. The molecule has 0 aliphatic heterocycles. The number of halogens is 1. The molecular formula is C25H21ClN2. The van der Waals surface area contributed by atoms with Gasteiger partial charge in [0.1, 0.15) is 0 Å². The van der Waals surface area contributed by atoms with Crippen molar-refractivity contribution >= 4 is 33.4 Å². The van der Waals surface area contributed by atoms with Gasteiger partial charge in [0.15, 0.2) is 0 Å². The van der Waals surface area contributed by atoms with E-state index in [1.165, 1.54) is 33.3 Å². The third kappa shape index (κ3) is 2.56. The summed E-state index contributed by atoms with van der Waals surface area (Å²) < 4.78 is 0. The van der Waals surface area contributed by atoms with Crippen molar-refractivity contribution in [3.05, 3.63) is 106 Å². The van der Waals surface area contributed by atoms with E-state index in [2.05, 4.69) is 84.5 Å². The molecule has 28 heavy (non-hydrogen) atoms. The first-order valence-corrected chi connectivity index (χ1v) is 9.92. The zero-order valence-corrected chi connectivity index (χ0v) is 16.6. The minimum absolute atomic E-state index is 0.0426. The van der Waals surface area contributed by atoms with Crippen molar-refractivity contribution in [2.24, 2.45) is 0 Å². The van der Waals surface area contributed by atoms with Crippen LogP contribution in [0.3, 0.4) is 0 Å². The van der Waals surface area contributed by atoms with E-state index in [1.54, 1.807) is 0 Å². The number of nitrogens with one attached hydrogen (secondary N) is 2. The molecule has 3 heteroatoms. The predicted octanol–water partition coefficient (Wildman–Crippen LogP) is 7.10. The van der Waals surface area contributed by atoms with E-state index in [-0.39, 0.29) is 5.92 Å². The topological polar surface area (TPSA) is 31.6 Å². The fourth-order valence-electron chi connectivity index (χ4n) is 4.51. The van der Waals surface area contributed by atoms with Crippen molar-refractivity contribution in [1.29, 1.82) is 0 Å². The summed E-state index contributed by atoms with van der Waals surface area (Å²) in [6.45, 7) is 4.31. The van der Waals surface area contributed by atoms with Gasteiger partial charge in [0, 0.05) is 44.1 Å². The highest BCUT2D eigenvalue weighted by Gasteiger charge is 2.28. The smallest absolute Gasteiger partial charge is 0.0459 e. The molecule has 2 aromatic heterocycles. The highest BCUT2D eigenvalue weighted by molar-refractivity contribution is 6.31. The maximum absolute atomic E-state index is 6.74. The minimum atomic E-state index is 0.0426. The van der Waals surface area contributed by atoms with E-state index in [1.807, 2.05) is 12.1 Å². The second-order valence-corrected chi connectivity index (χ2v) is 7.78. The normalized spacial score (nSPS) is 11.7. The molecule has 0 atom stereocenters. The lowest BCUT2D eigenvalue weighted by atomic mass is 9.82. The molecule has 0 amide bonds. The summed E-state index contributed by atoms with van der Waals surface area (Å²) in [5.41, 5.74) is 8.37. The van der Waals surface area contributed by atoms with E-state index in [0.717, 1.165) is 21.6 Å². The molecule has 0 fully saturated rings. The third-order valence-corrected chi connectivity index (χ3v) is 6.02. The van der Waals surface area contributed by atoms with Crippen LogP contribution in [-0.2, 0) is 0 Å². The summed E-state index contributed by atoms with van der Waals surface area (Å²) in [5.74, 6) is 0.0426. The van der Waals surface area contributed by atoms with Gasteiger partial charge >= 0.3 is 0 Å². The molecular weight excluding hydrogens is 364 g/mol. The lowest BCUT2D eigenvalue weighted by Crippen LogP contribution is -2.06. The van der Waals surface area contributed by atoms with Crippen molar-refractivity contribution in [3.63, 3.8) is 0 Å². The molecule has 5 rings (SSSR count). The number of para-hydroxylation sites is 2. The zero-order chi connectivity index (χ0) is 19.3. The third-order valence-electron chi connectivity index (χ3n) is 5.68. The minimum Gasteiger partial charge on any atom is -0.358 e. The van der Waals surface area contributed by atoms with Gasteiger partial charge in [0.25, 0.3) is 0 Å². The van der Waals surface area contributed by atoms with E-state index < -0.39 is 0 Å². The molecule has 2 N–H and O–H groups in total. The molecule has 0 saturated carbocycles. The number of hydrogen-bond acceptors (Lipinski definition) is 0. The Labute approximate surface area is 169 Å². The van der Waals surface area contributed by atoms with Crippen LogP contribution >= 0.6 is 11.6 Å². The molecule has 5 aromatic rings. The van der Waals surface area contributed by atoms with Crippen molar-refractivity contribution in [2.75, 3.05) is 0 Å². The number of aromatic nitrogens is 2. The van der Waals surface area contributed by atoms with Gasteiger partial charge in [-0.3, -0.25) is 0 Å². The molecule has 0 unspecified atom stereocenters. The van der Waals surface area contributed by atoms with Crippen LogP contribution in [0.15, 0.2) is 72.8 Å². The second-order valence-electron chi connectivity index (χ2n) is 7.37. The first-order valence-electron chi connectivity index (χ1n) is 9.54. The fourth-order valence-corrected chi connectivity index (χ4v) is 4.75. The molecule has 0 aliphatic carbocycles. The number of aryl methyl sites for hydroxylation is 2. The van der Waals surface area contributed by atoms with E-state index in [0.29, 0.717) is 0 Å². The van der Waals surface area contributed by atoms with Gasteiger partial charge in [-0.05, 0) is 48.7 Å². The average Bonchev–Trinajstić information content (AvgIpc) is 3.20. The highest BCUT2D eigenvalue weighted by atomic mass is 35.5. The Morgan fingerprint density at radius 3 is 1.64 bits per heavy atom. The van der Waals surface area contributed by atoms with Gasteiger partial charge in [-0.25, -0.2) is 0 Å². The Balaban J connectivity index is 1.90. The maximum atomic E-state index is 6.74. The van der Waals surface area contributed by atoms with Gasteiger partial charge < -0.3 is 9.97 Å². The van der Waals surface area contributed by atoms with Crippen LogP contribution in [0.2, 0.25) is 5.02 Å². The number of benzene rings is 3. The molecule has 138 valence electrons. The summed E-state index contributed by atoms with van der Waals surface area (Å²) >= 11 is 6.74. The Morgan fingerprint density at radius 1 is 0.643 bits per heavy atom. The Morgan fingerprint density at radius 2 is 1.11 bits per heavy atom. The van der Waals surface area contributed by atoms with E-state index in [4.69, 9.17) is 11.6 Å². The van der Waals surface area contributed by atoms with Crippen LogP contribution in [0, 0.1) is 13.8 Å². The first-order chi connectivity index (χ1) is 13.6. The van der Waals surface area contributed by atoms with Crippen LogP contribution in [0.1, 0.15) is 34.0 Å². The Hall–Kier alpha value is -2.97. The van der Waals surface area contributed by atoms with Gasteiger partial charge in [-0.15, -0.1) is 0 Å². The van der Waals surface area contributed by atoms with Crippen molar-refractivity contribution in [1.82, 2.24) is 9.97 Å². The van der Waals surface area contributed by atoms with Gasteiger partial charge in [-0.2, -0.15) is 0 Å². The summed E-state index contributed by atoms with van der Waals surface area (Å²) in [7, 11) is 0. The van der Waals surface area contributed by atoms with Crippen LogP contribution in [0.5, 0.6) is 0 Å². The van der Waals surface area contributed by atoms with Gasteiger partial charge in [0.05, 0.1) is 0 Å². The number of aromatic amines is 2. The Kier molecular flexibility index (Phi) is 4.03. The fraction of sp³-hybridized carbons (Fsp3) is 0.120. The van der Waals surface area contributed by atoms with Crippen LogP contribution in [0.25, 0.3) is 21.8 Å². The zero-order valence-electron chi connectivity index (χ0n) is 15.9. The molecule has 0 saturated heterocycles. The number of fused-ring (bicyclic) bond motifs is 2. The molecule has 3 aromatic carbocycles. The van der Waals surface area contributed by atoms with Gasteiger partial charge in [-0.1, -0.05) is 66.2 Å². The number of hydrogen-bond donors (Lipinski definition) is 2. The van der Waals surface area contributed by atoms with Gasteiger partial charge in [0.2, 0.25) is 0 Å². The van der Waals surface area contributed by atoms with E-state index in [9.17, 15) is 0 Å². The quantitative estimate of drug-likeness (QED) is 0.332. The molecule has 2 nitrogen and oxygen atoms in total. The Bertz CT molecular complexity index is 1230. The molecule has 0 bridgehead atoms. The molecule has 0 radical (unpaired) electrons. The lowest BCUT2D eigenvalue weighted by Gasteiger charge is -2.21. The summed E-state index contributed by atoms with van der Waals surface area (Å²) in [6, 6.07) is 25.2. The monoisotopic (exact) mass is 384 g/mol.